The summed E-state index contributed by atoms with van der Waals surface area (Å²) in [5.41, 5.74) is 0. The van der Waals surface area contributed by atoms with Crippen molar-refractivity contribution in [3.05, 3.63) is 24.5 Å². The van der Waals surface area contributed by atoms with Gasteiger partial charge in [0.05, 0.1) is 25.6 Å². The fraction of sp³-hybridized carbons (Fsp3) is 0.600. The van der Waals surface area contributed by atoms with Gasteiger partial charge in [0.2, 0.25) is 0 Å². The average molecular weight is 186 g/mol. The van der Waals surface area contributed by atoms with Crippen LogP contribution in [0.2, 0.25) is 0 Å². The fourth-order valence-electron chi connectivity index (χ4n) is 0.872. The van der Waals surface area contributed by atoms with Crippen LogP contribution in [0.15, 0.2) is 24.5 Å². The Balaban J connectivity index is 3.24. The Morgan fingerprint density at radius 2 is 2.15 bits per heavy atom. The molecule has 0 aliphatic carbocycles. The largest absolute Gasteiger partial charge is 0.516 e. The maximum atomic E-state index is 9.25. The third-order valence-corrected chi connectivity index (χ3v) is 1.48. The first kappa shape index (κ1) is 12.2. The molecule has 13 heavy (non-hydrogen) atoms. The van der Waals surface area contributed by atoms with E-state index in [0.717, 1.165) is 19.1 Å². The number of allylic oxidation sites excluding steroid dienone is 2. The van der Waals surface area contributed by atoms with E-state index < -0.39 is 0 Å². The lowest BCUT2D eigenvalue weighted by molar-refractivity contribution is 0.0442. The molecule has 0 aromatic rings. The van der Waals surface area contributed by atoms with Gasteiger partial charge in [-0.05, 0) is 12.5 Å². The van der Waals surface area contributed by atoms with Gasteiger partial charge in [0, 0.05) is 0 Å². The quantitative estimate of drug-likeness (QED) is 0.362. The third-order valence-electron chi connectivity index (χ3n) is 1.48. The van der Waals surface area contributed by atoms with Gasteiger partial charge in [-0.3, -0.25) is 0 Å². The molecule has 0 saturated heterocycles. The molecule has 1 unspecified atom stereocenters. The summed E-state index contributed by atoms with van der Waals surface area (Å²) in [6, 6.07) is 0. The Morgan fingerprint density at radius 3 is 2.77 bits per heavy atom. The van der Waals surface area contributed by atoms with Crippen LogP contribution in [0.3, 0.4) is 0 Å². The zero-order valence-electron chi connectivity index (χ0n) is 8.02. The molecule has 0 saturated carbocycles. The van der Waals surface area contributed by atoms with Gasteiger partial charge in [-0.2, -0.15) is 0 Å². The molecular formula is C10H18O3. The first-order chi connectivity index (χ1) is 6.31. The van der Waals surface area contributed by atoms with Crippen molar-refractivity contribution < 1.29 is 14.9 Å². The van der Waals surface area contributed by atoms with Gasteiger partial charge in [0.1, 0.15) is 0 Å². The van der Waals surface area contributed by atoms with Crippen LogP contribution in [0.5, 0.6) is 0 Å². The molecular weight excluding hydrogens is 168 g/mol. The lowest BCUT2D eigenvalue weighted by atomic mass is 10.2. The van der Waals surface area contributed by atoms with E-state index in [9.17, 15) is 5.11 Å². The highest BCUT2D eigenvalue weighted by molar-refractivity contribution is 4.98. The van der Waals surface area contributed by atoms with Crippen molar-refractivity contribution in [1.82, 2.24) is 0 Å². The van der Waals surface area contributed by atoms with Gasteiger partial charge >= 0.3 is 0 Å². The molecule has 0 heterocycles. The van der Waals surface area contributed by atoms with Gasteiger partial charge in [-0.1, -0.05) is 25.5 Å². The summed E-state index contributed by atoms with van der Waals surface area (Å²) in [4.78, 5) is 0. The maximum Gasteiger partial charge on any atom is 0.0791 e. The molecule has 0 spiro atoms. The highest BCUT2D eigenvalue weighted by atomic mass is 16.5. The molecule has 2 N–H and O–H groups in total. The van der Waals surface area contributed by atoms with Crippen LogP contribution in [-0.4, -0.2) is 29.5 Å². The summed E-state index contributed by atoms with van der Waals surface area (Å²) in [5, 5.41) is 17.5. The lowest BCUT2D eigenvalue weighted by Gasteiger charge is -2.07. The fourth-order valence-corrected chi connectivity index (χ4v) is 0.872. The second-order valence-corrected chi connectivity index (χ2v) is 2.75. The number of hydrogen-bond donors (Lipinski definition) is 2. The van der Waals surface area contributed by atoms with Crippen LogP contribution in [0.4, 0.5) is 0 Å². The normalized spacial score (nSPS) is 14.3. The summed E-state index contributed by atoms with van der Waals surface area (Å²) < 4.78 is 5.14. The molecule has 0 aromatic carbocycles. The summed E-state index contributed by atoms with van der Waals surface area (Å²) in [5.74, 6) is 0. The van der Waals surface area contributed by atoms with Crippen LogP contribution in [0, 0.1) is 0 Å². The zero-order chi connectivity index (χ0) is 9.94. The smallest absolute Gasteiger partial charge is 0.0791 e. The molecule has 0 aliphatic heterocycles. The molecule has 0 fully saturated rings. The van der Waals surface area contributed by atoms with E-state index in [-0.39, 0.29) is 6.10 Å². The second-order valence-electron chi connectivity index (χ2n) is 2.75. The second kappa shape index (κ2) is 9.29. The van der Waals surface area contributed by atoms with Crippen LogP contribution < -0.4 is 0 Å². The predicted octanol–water partition coefficient (Wildman–Crippen LogP) is 1.79. The Bertz CT molecular complexity index is 152. The van der Waals surface area contributed by atoms with E-state index in [1.807, 2.05) is 6.92 Å². The van der Waals surface area contributed by atoms with Crippen molar-refractivity contribution in [3.8, 4) is 0 Å². The van der Waals surface area contributed by atoms with E-state index in [1.165, 1.54) is 6.08 Å². The van der Waals surface area contributed by atoms with Crippen LogP contribution in [0.1, 0.15) is 19.8 Å². The van der Waals surface area contributed by atoms with Gasteiger partial charge in [0.15, 0.2) is 0 Å². The highest BCUT2D eigenvalue weighted by Gasteiger charge is 2.00. The van der Waals surface area contributed by atoms with Gasteiger partial charge < -0.3 is 14.9 Å². The minimum atomic E-state index is -0.355. The van der Waals surface area contributed by atoms with E-state index in [0.29, 0.717) is 13.2 Å². The Labute approximate surface area is 79.3 Å². The minimum Gasteiger partial charge on any atom is -0.516 e. The first-order valence-corrected chi connectivity index (χ1v) is 4.53. The van der Waals surface area contributed by atoms with Crippen molar-refractivity contribution >= 4 is 0 Å². The Morgan fingerprint density at radius 1 is 1.38 bits per heavy atom. The molecule has 0 aliphatic rings. The van der Waals surface area contributed by atoms with Crippen molar-refractivity contribution in [2.24, 2.45) is 0 Å². The van der Waals surface area contributed by atoms with Gasteiger partial charge in [-0.25, -0.2) is 0 Å². The molecule has 0 amide bonds. The molecule has 0 aromatic heterocycles. The average Bonchev–Trinajstić information content (AvgIpc) is 2.11. The number of rotatable bonds is 7. The SMILES string of the molecule is CCCC(O)COC/C=C/C=C\O. The van der Waals surface area contributed by atoms with Crippen LogP contribution in [-0.2, 0) is 4.74 Å². The summed E-state index contributed by atoms with van der Waals surface area (Å²) >= 11 is 0. The standard InChI is InChI=1S/C10H18O3/c1-2-6-10(12)9-13-8-5-3-4-7-11/h3-5,7,10-12H,2,6,8-9H2,1H3/b5-3+,7-4-. The van der Waals surface area contributed by atoms with Crippen molar-refractivity contribution in [2.75, 3.05) is 13.2 Å². The topological polar surface area (TPSA) is 49.7 Å². The molecule has 3 nitrogen and oxygen atoms in total. The minimum absolute atomic E-state index is 0.355. The number of hydrogen-bond acceptors (Lipinski definition) is 3. The highest BCUT2D eigenvalue weighted by Crippen LogP contribution is 1.96. The maximum absolute atomic E-state index is 9.25. The molecule has 0 radical (unpaired) electrons. The molecule has 3 heteroatoms. The van der Waals surface area contributed by atoms with Crippen molar-refractivity contribution in [2.45, 2.75) is 25.9 Å². The molecule has 1 atom stereocenters. The van der Waals surface area contributed by atoms with Crippen molar-refractivity contribution in [3.63, 3.8) is 0 Å². The third kappa shape index (κ3) is 9.11. The monoisotopic (exact) mass is 186 g/mol. The molecule has 0 bridgehead atoms. The van der Waals surface area contributed by atoms with E-state index in [2.05, 4.69) is 0 Å². The van der Waals surface area contributed by atoms with Gasteiger partial charge in [-0.15, -0.1) is 0 Å². The number of aliphatic hydroxyl groups is 2. The van der Waals surface area contributed by atoms with Crippen molar-refractivity contribution in [1.29, 1.82) is 0 Å². The summed E-state index contributed by atoms with van der Waals surface area (Å²) in [6.07, 6.45) is 7.31. The molecule has 76 valence electrons. The van der Waals surface area contributed by atoms with Crippen LogP contribution >= 0.6 is 0 Å². The zero-order valence-corrected chi connectivity index (χ0v) is 8.02. The van der Waals surface area contributed by atoms with Gasteiger partial charge in [0.25, 0.3) is 0 Å². The number of aliphatic hydroxyl groups excluding tert-OH is 2. The van der Waals surface area contributed by atoms with E-state index >= 15 is 0 Å². The van der Waals surface area contributed by atoms with E-state index in [1.54, 1.807) is 12.2 Å². The molecule has 0 rings (SSSR count). The Hall–Kier alpha value is -0.800. The number of ether oxygens (including phenoxy) is 1. The lowest BCUT2D eigenvalue weighted by Crippen LogP contribution is -2.14. The first-order valence-electron chi connectivity index (χ1n) is 4.53. The Kier molecular flexibility index (Phi) is 8.72. The van der Waals surface area contributed by atoms with Crippen LogP contribution in [0.25, 0.3) is 0 Å². The predicted molar refractivity (Wildman–Crippen MR) is 52.6 cm³/mol. The summed E-state index contributed by atoms with van der Waals surface area (Å²) in [7, 11) is 0. The van der Waals surface area contributed by atoms with E-state index in [4.69, 9.17) is 9.84 Å². The summed E-state index contributed by atoms with van der Waals surface area (Å²) in [6.45, 7) is 2.86.